The first-order chi connectivity index (χ1) is 14.0. The maximum absolute atomic E-state index is 13.4. The Labute approximate surface area is 169 Å². The number of hydrogen-bond acceptors (Lipinski definition) is 3. The Morgan fingerprint density at radius 3 is 2.31 bits per heavy atom. The van der Waals surface area contributed by atoms with E-state index in [2.05, 4.69) is 10.4 Å². The maximum Gasteiger partial charge on any atom is 0.325 e. The van der Waals surface area contributed by atoms with Gasteiger partial charge in [0.15, 0.2) is 0 Å². The minimum Gasteiger partial charge on any atom is -0.322 e. The molecule has 1 aliphatic heterocycles. The van der Waals surface area contributed by atoms with Crippen molar-refractivity contribution in [2.24, 2.45) is 0 Å². The van der Waals surface area contributed by atoms with Crippen LogP contribution in [0.1, 0.15) is 28.1 Å². The summed E-state index contributed by atoms with van der Waals surface area (Å²) in [7, 11) is 0. The molecule has 0 unspecified atom stereocenters. The molecule has 0 atom stereocenters. The van der Waals surface area contributed by atoms with E-state index in [-0.39, 0.29) is 18.5 Å². The molecule has 3 aromatic rings. The summed E-state index contributed by atoms with van der Waals surface area (Å²) in [4.78, 5) is 27.5. The Kier molecular flexibility index (Phi) is 3.84. The number of carbonyl (C=O) groups is 2. The number of urea groups is 1. The van der Waals surface area contributed by atoms with E-state index < -0.39 is 5.54 Å². The van der Waals surface area contributed by atoms with E-state index in [0.29, 0.717) is 12.8 Å². The largest absolute Gasteiger partial charge is 0.325 e. The Morgan fingerprint density at radius 2 is 1.66 bits per heavy atom. The number of rotatable bonds is 3. The molecular weight excluding hydrogens is 364 g/mol. The highest BCUT2D eigenvalue weighted by molar-refractivity contribution is 6.07. The van der Waals surface area contributed by atoms with E-state index in [1.165, 1.54) is 4.90 Å². The van der Waals surface area contributed by atoms with Gasteiger partial charge in [0.1, 0.15) is 5.54 Å². The van der Waals surface area contributed by atoms with Crippen molar-refractivity contribution >= 4 is 11.9 Å². The van der Waals surface area contributed by atoms with Gasteiger partial charge >= 0.3 is 6.03 Å². The molecule has 1 saturated heterocycles. The summed E-state index contributed by atoms with van der Waals surface area (Å²) in [5.41, 5.74) is 5.11. The molecule has 0 bridgehead atoms. The standard InChI is InChI=1S/C23H22N4O2/c1-15-11-16(2)27(25-15)20-10-6-5-9-19(20)14-26-21(28)23(24-22(26)29)12-17-7-3-4-8-18(17)13-23/h3-11H,12-14H2,1-2H3,(H,24,29). The lowest BCUT2D eigenvalue weighted by molar-refractivity contribution is -0.131. The van der Waals surface area contributed by atoms with E-state index in [0.717, 1.165) is 33.8 Å². The molecule has 0 saturated carbocycles. The third-order valence-electron chi connectivity index (χ3n) is 5.91. The molecule has 3 amide bonds. The van der Waals surface area contributed by atoms with Crippen molar-refractivity contribution in [1.29, 1.82) is 0 Å². The first-order valence-corrected chi connectivity index (χ1v) is 9.79. The summed E-state index contributed by atoms with van der Waals surface area (Å²) in [6.07, 6.45) is 1.09. The van der Waals surface area contributed by atoms with Crippen molar-refractivity contribution < 1.29 is 9.59 Å². The van der Waals surface area contributed by atoms with Crippen molar-refractivity contribution in [1.82, 2.24) is 20.0 Å². The van der Waals surface area contributed by atoms with Crippen molar-refractivity contribution in [3.63, 3.8) is 0 Å². The number of para-hydroxylation sites is 1. The van der Waals surface area contributed by atoms with Crippen LogP contribution < -0.4 is 5.32 Å². The third-order valence-corrected chi connectivity index (χ3v) is 5.91. The van der Waals surface area contributed by atoms with Crippen molar-refractivity contribution in [3.8, 4) is 5.69 Å². The average Bonchev–Trinajstić information content (AvgIpc) is 3.31. The van der Waals surface area contributed by atoms with Gasteiger partial charge in [-0.15, -0.1) is 0 Å². The average molecular weight is 386 g/mol. The van der Waals surface area contributed by atoms with Crippen LogP contribution in [0.25, 0.3) is 5.69 Å². The molecule has 0 radical (unpaired) electrons. The van der Waals surface area contributed by atoms with Crippen LogP contribution in [0.2, 0.25) is 0 Å². The zero-order chi connectivity index (χ0) is 20.2. The molecule has 1 N–H and O–H groups in total. The quantitative estimate of drug-likeness (QED) is 0.704. The second kappa shape index (κ2) is 6.30. The Balaban J connectivity index is 1.46. The van der Waals surface area contributed by atoms with Gasteiger partial charge in [-0.2, -0.15) is 5.10 Å². The Morgan fingerprint density at radius 1 is 1.00 bits per heavy atom. The molecule has 6 nitrogen and oxygen atoms in total. The maximum atomic E-state index is 13.4. The number of nitrogens with one attached hydrogen (secondary N) is 1. The van der Waals surface area contributed by atoms with Crippen molar-refractivity contribution in [2.75, 3.05) is 0 Å². The van der Waals surface area contributed by atoms with Gasteiger partial charge in [-0.05, 0) is 42.7 Å². The minimum absolute atomic E-state index is 0.151. The lowest BCUT2D eigenvalue weighted by atomic mass is 9.96. The predicted molar refractivity (Wildman–Crippen MR) is 109 cm³/mol. The number of imide groups is 1. The van der Waals surface area contributed by atoms with Crippen molar-refractivity contribution in [3.05, 3.63) is 82.7 Å². The molecule has 5 rings (SSSR count). The fourth-order valence-corrected chi connectivity index (χ4v) is 4.57. The zero-order valence-corrected chi connectivity index (χ0v) is 16.5. The number of benzene rings is 2. The van der Waals surface area contributed by atoms with Crippen LogP contribution in [-0.4, -0.2) is 32.2 Å². The molecular formula is C23H22N4O2. The summed E-state index contributed by atoms with van der Waals surface area (Å²) in [6.45, 7) is 4.16. The van der Waals surface area contributed by atoms with Gasteiger partial charge in [-0.25, -0.2) is 9.48 Å². The van der Waals surface area contributed by atoms with Crippen molar-refractivity contribution in [2.45, 2.75) is 38.8 Å². The number of aromatic nitrogens is 2. The Hall–Kier alpha value is -3.41. The molecule has 6 heteroatoms. The number of nitrogens with zero attached hydrogens (tertiary/aromatic N) is 3. The molecule has 2 heterocycles. The molecule has 146 valence electrons. The molecule has 2 aliphatic rings. The van der Waals surface area contributed by atoms with Crippen LogP contribution in [0.5, 0.6) is 0 Å². The monoisotopic (exact) mass is 386 g/mol. The van der Waals surface area contributed by atoms with Gasteiger partial charge in [0.2, 0.25) is 0 Å². The second-order valence-electron chi connectivity index (χ2n) is 7.99. The van der Waals surface area contributed by atoms with Crippen LogP contribution in [0.3, 0.4) is 0 Å². The third kappa shape index (κ3) is 2.75. The van der Waals surface area contributed by atoms with Crippen LogP contribution in [0, 0.1) is 13.8 Å². The highest BCUT2D eigenvalue weighted by atomic mass is 16.2. The van der Waals surface area contributed by atoms with Crippen LogP contribution in [-0.2, 0) is 24.2 Å². The molecule has 1 spiro atoms. The molecule has 1 aliphatic carbocycles. The summed E-state index contributed by atoms with van der Waals surface area (Å²) in [6, 6.07) is 17.5. The number of fused-ring (bicyclic) bond motifs is 1. The lowest BCUT2D eigenvalue weighted by Crippen LogP contribution is -2.47. The number of hydrogen-bond donors (Lipinski definition) is 1. The van der Waals surface area contributed by atoms with Crippen LogP contribution in [0.15, 0.2) is 54.6 Å². The van der Waals surface area contributed by atoms with E-state index >= 15 is 0 Å². The number of carbonyl (C=O) groups excluding carboxylic acids is 2. The summed E-state index contributed by atoms with van der Waals surface area (Å²) >= 11 is 0. The van der Waals surface area contributed by atoms with Gasteiger partial charge in [0.25, 0.3) is 5.91 Å². The fraction of sp³-hybridized carbons (Fsp3) is 0.261. The lowest BCUT2D eigenvalue weighted by Gasteiger charge is -2.21. The van der Waals surface area contributed by atoms with E-state index in [1.807, 2.05) is 73.1 Å². The van der Waals surface area contributed by atoms with E-state index in [1.54, 1.807) is 0 Å². The molecule has 29 heavy (non-hydrogen) atoms. The highest BCUT2D eigenvalue weighted by Crippen LogP contribution is 2.35. The van der Waals surface area contributed by atoms with Gasteiger partial charge in [0.05, 0.1) is 17.9 Å². The Bertz CT molecular complexity index is 1120. The molecule has 1 fully saturated rings. The summed E-state index contributed by atoms with van der Waals surface area (Å²) in [5, 5.41) is 7.55. The van der Waals surface area contributed by atoms with Gasteiger partial charge in [-0.3, -0.25) is 9.69 Å². The first-order valence-electron chi connectivity index (χ1n) is 9.79. The van der Waals surface area contributed by atoms with Gasteiger partial charge < -0.3 is 5.32 Å². The van der Waals surface area contributed by atoms with Crippen LogP contribution >= 0.6 is 0 Å². The fourth-order valence-electron chi connectivity index (χ4n) is 4.57. The number of amides is 3. The number of aryl methyl sites for hydroxylation is 2. The second-order valence-corrected chi connectivity index (χ2v) is 7.99. The van der Waals surface area contributed by atoms with E-state index in [4.69, 9.17) is 0 Å². The smallest absolute Gasteiger partial charge is 0.322 e. The summed E-state index contributed by atoms with van der Waals surface area (Å²) < 4.78 is 1.87. The van der Waals surface area contributed by atoms with Crippen LogP contribution in [0.4, 0.5) is 4.79 Å². The molecule has 1 aromatic heterocycles. The topological polar surface area (TPSA) is 67.2 Å². The first kappa shape index (κ1) is 17.7. The zero-order valence-electron chi connectivity index (χ0n) is 16.5. The van der Waals surface area contributed by atoms with Gasteiger partial charge in [0, 0.05) is 18.5 Å². The normalized spacial score (nSPS) is 17.1. The SMILES string of the molecule is Cc1cc(C)n(-c2ccccc2CN2C(=O)NC3(Cc4ccccc4C3)C2=O)n1. The summed E-state index contributed by atoms with van der Waals surface area (Å²) in [5.74, 6) is -0.151. The molecule has 2 aromatic carbocycles. The predicted octanol–water partition coefficient (Wildman–Crippen LogP) is 3.08. The highest BCUT2D eigenvalue weighted by Gasteiger charge is 2.54. The minimum atomic E-state index is -0.853. The van der Waals surface area contributed by atoms with Gasteiger partial charge in [-0.1, -0.05) is 42.5 Å². The van der Waals surface area contributed by atoms with E-state index in [9.17, 15) is 9.59 Å².